The second-order valence-electron chi connectivity index (χ2n) is 8.05. The molecule has 8 nitrogen and oxygen atoms in total. The molecule has 4 aromatic rings. The number of hydrogen-bond acceptors (Lipinski definition) is 5. The molecule has 0 fully saturated rings. The zero-order valence-corrected chi connectivity index (χ0v) is 20.3. The Morgan fingerprint density at radius 2 is 1.64 bits per heavy atom. The third-order valence-corrected chi connectivity index (χ3v) is 5.75. The molecule has 0 bridgehead atoms. The van der Waals surface area contributed by atoms with Crippen molar-refractivity contribution in [1.82, 2.24) is 25.5 Å². The number of nitrogens with zero attached hydrogens (tertiary/aromatic N) is 5. The van der Waals surface area contributed by atoms with Gasteiger partial charge in [0.2, 0.25) is 11.7 Å². The molecule has 0 saturated heterocycles. The van der Waals surface area contributed by atoms with Crippen LogP contribution in [0, 0.1) is 5.82 Å². The summed E-state index contributed by atoms with van der Waals surface area (Å²) in [4.78, 5) is 28.6. The average Bonchev–Trinajstić information content (AvgIpc) is 3.35. The number of carbonyl (C=O) groups is 2. The maximum atomic E-state index is 13.3. The monoisotopic (exact) mass is 506 g/mol. The lowest BCUT2D eigenvalue weighted by Gasteiger charge is -2.22. The van der Waals surface area contributed by atoms with Crippen LogP contribution in [0.2, 0.25) is 5.02 Å². The molecule has 0 unspecified atom stereocenters. The van der Waals surface area contributed by atoms with E-state index in [1.54, 1.807) is 48.5 Å². The quantitative estimate of drug-likeness (QED) is 0.370. The Morgan fingerprint density at radius 3 is 2.31 bits per heavy atom. The van der Waals surface area contributed by atoms with Crippen LogP contribution >= 0.6 is 11.6 Å². The van der Waals surface area contributed by atoms with Crippen molar-refractivity contribution in [2.24, 2.45) is 0 Å². The SMILES string of the molecule is CCc1ccc(N(CC(=O)NCc2ccc(F)cc2)C(=O)Cn2nnc(-c3ccc(Cl)cc3)n2)cc1. The summed E-state index contributed by atoms with van der Waals surface area (Å²) in [6, 6.07) is 20.2. The van der Waals surface area contributed by atoms with Crippen LogP contribution in [0.4, 0.5) is 10.1 Å². The molecule has 1 heterocycles. The first-order valence-corrected chi connectivity index (χ1v) is 11.7. The average molecular weight is 507 g/mol. The molecule has 184 valence electrons. The fraction of sp³-hybridized carbons (Fsp3) is 0.192. The number of amides is 2. The zero-order chi connectivity index (χ0) is 25.5. The van der Waals surface area contributed by atoms with Crippen LogP contribution < -0.4 is 10.2 Å². The van der Waals surface area contributed by atoms with E-state index in [0.717, 1.165) is 17.5 Å². The summed E-state index contributed by atoms with van der Waals surface area (Å²) in [6.45, 7) is 1.84. The van der Waals surface area contributed by atoms with Crippen LogP contribution in [0.5, 0.6) is 0 Å². The van der Waals surface area contributed by atoms with Crippen molar-refractivity contribution < 1.29 is 14.0 Å². The van der Waals surface area contributed by atoms with Crippen LogP contribution in [-0.4, -0.2) is 38.6 Å². The smallest absolute Gasteiger partial charge is 0.251 e. The van der Waals surface area contributed by atoms with Gasteiger partial charge < -0.3 is 10.2 Å². The molecule has 2 amide bonds. The highest BCUT2D eigenvalue weighted by Crippen LogP contribution is 2.18. The molecule has 0 aliphatic rings. The molecular formula is C26H24ClFN6O2. The fourth-order valence-corrected chi connectivity index (χ4v) is 3.59. The number of aryl methyl sites for hydroxylation is 1. The normalized spacial score (nSPS) is 10.8. The van der Waals surface area contributed by atoms with E-state index in [0.29, 0.717) is 22.1 Å². The second kappa shape index (κ2) is 11.5. The van der Waals surface area contributed by atoms with E-state index in [-0.39, 0.29) is 37.3 Å². The largest absolute Gasteiger partial charge is 0.350 e. The number of benzene rings is 3. The van der Waals surface area contributed by atoms with E-state index < -0.39 is 0 Å². The van der Waals surface area contributed by atoms with Gasteiger partial charge in [-0.25, -0.2) is 4.39 Å². The Bertz CT molecular complexity index is 1320. The predicted octanol–water partition coefficient (Wildman–Crippen LogP) is 4.04. The Labute approximate surface area is 212 Å². The highest BCUT2D eigenvalue weighted by molar-refractivity contribution is 6.30. The fourth-order valence-electron chi connectivity index (χ4n) is 3.47. The third kappa shape index (κ3) is 6.51. The lowest BCUT2D eigenvalue weighted by Crippen LogP contribution is -2.42. The second-order valence-corrected chi connectivity index (χ2v) is 8.49. The van der Waals surface area contributed by atoms with Crippen LogP contribution in [-0.2, 0) is 29.1 Å². The van der Waals surface area contributed by atoms with Crippen LogP contribution in [0.25, 0.3) is 11.4 Å². The molecule has 3 aromatic carbocycles. The summed E-state index contributed by atoms with van der Waals surface area (Å²) in [6.07, 6.45) is 0.850. The Balaban J connectivity index is 1.47. The molecule has 0 aliphatic carbocycles. The van der Waals surface area contributed by atoms with Crippen molar-refractivity contribution in [3.63, 3.8) is 0 Å². The van der Waals surface area contributed by atoms with Gasteiger partial charge in [0.15, 0.2) is 0 Å². The van der Waals surface area contributed by atoms with Gasteiger partial charge in [-0.15, -0.1) is 10.2 Å². The van der Waals surface area contributed by atoms with Gasteiger partial charge in [-0.2, -0.15) is 4.80 Å². The first kappa shape index (κ1) is 25.0. The van der Waals surface area contributed by atoms with Crippen molar-refractivity contribution >= 4 is 29.1 Å². The molecular weight excluding hydrogens is 483 g/mol. The number of halogens is 2. The lowest BCUT2D eigenvalue weighted by atomic mass is 10.1. The number of anilines is 1. The van der Waals surface area contributed by atoms with Crippen LogP contribution in [0.15, 0.2) is 72.8 Å². The highest BCUT2D eigenvalue weighted by atomic mass is 35.5. The van der Waals surface area contributed by atoms with Gasteiger partial charge in [-0.05, 0) is 71.3 Å². The number of aromatic nitrogens is 4. The van der Waals surface area contributed by atoms with Crippen LogP contribution in [0.1, 0.15) is 18.1 Å². The number of carbonyl (C=O) groups excluding carboxylic acids is 2. The summed E-state index contributed by atoms with van der Waals surface area (Å²) < 4.78 is 13.1. The lowest BCUT2D eigenvalue weighted by molar-refractivity contribution is -0.124. The summed E-state index contributed by atoms with van der Waals surface area (Å²) in [5.41, 5.74) is 3.14. The van der Waals surface area contributed by atoms with E-state index in [9.17, 15) is 14.0 Å². The van der Waals surface area contributed by atoms with E-state index >= 15 is 0 Å². The van der Waals surface area contributed by atoms with Crippen molar-refractivity contribution in [2.45, 2.75) is 26.4 Å². The Kier molecular flexibility index (Phi) is 8.02. The maximum absolute atomic E-state index is 13.3. The van der Waals surface area contributed by atoms with Crippen molar-refractivity contribution in [3.8, 4) is 11.4 Å². The van der Waals surface area contributed by atoms with Gasteiger partial charge >= 0.3 is 0 Å². The van der Waals surface area contributed by atoms with Gasteiger partial charge in [0.05, 0.1) is 0 Å². The van der Waals surface area contributed by atoms with Gasteiger partial charge in [-0.3, -0.25) is 9.59 Å². The van der Waals surface area contributed by atoms with Crippen LogP contribution in [0.3, 0.4) is 0 Å². The van der Waals surface area contributed by atoms with E-state index in [4.69, 9.17) is 11.6 Å². The highest BCUT2D eigenvalue weighted by Gasteiger charge is 2.21. The number of rotatable bonds is 9. The minimum absolute atomic E-state index is 0.204. The maximum Gasteiger partial charge on any atom is 0.251 e. The first-order valence-electron chi connectivity index (χ1n) is 11.4. The predicted molar refractivity (Wildman–Crippen MR) is 135 cm³/mol. The Morgan fingerprint density at radius 1 is 0.972 bits per heavy atom. The first-order chi connectivity index (χ1) is 17.4. The van der Waals surface area contributed by atoms with Gasteiger partial charge in [0.25, 0.3) is 5.91 Å². The number of hydrogen-bond donors (Lipinski definition) is 1. The van der Waals surface area contributed by atoms with E-state index in [1.807, 2.05) is 19.1 Å². The van der Waals surface area contributed by atoms with Crippen molar-refractivity contribution in [3.05, 3.63) is 94.8 Å². The molecule has 1 aromatic heterocycles. The minimum atomic E-state index is -0.378. The van der Waals surface area contributed by atoms with Crippen molar-refractivity contribution in [1.29, 1.82) is 0 Å². The molecule has 0 aliphatic heterocycles. The summed E-state index contributed by atoms with van der Waals surface area (Å²) >= 11 is 5.93. The minimum Gasteiger partial charge on any atom is -0.350 e. The van der Waals surface area contributed by atoms with E-state index in [2.05, 4.69) is 20.7 Å². The van der Waals surface area contributed by atoms with E-state index in [1.165, 1.54) is 21.8 Å². The standard InChI is InChI=1S/C26H24ClFN6O2/c1-2-18-5-13-23(14-6-18)33(16-24(35)29-15-19-3-11-22(28)12-4-19)25(36)17-34-31-26(30-32-34)20-7-9-21(27)10-8-20/h3-14H,2,15-17H2,1H3,(H,29,35). The topological polar surface area (TPSA) is 93.0 Å². The molecule has 0 atom stereocenters. The number of tetrazole rings is 1. The molecule has 0 radical (unpaired) electrons. The summed E-state index contributed by atoms with van der Waals surface area (Å²) in [5.74, 6) is -0.731. The van der Waals surface area contributed by atoms with Crippen molar-refractivity contribution in [2.75, 3.05) is 11.4 Å². The molecule has 4 rings (SSSR count). The molecule has 36 heavy (non-hydrogen) atoms. The molecule has 10 heteroatoms. The molecule has 0 spiro atoms. The summed E-state index contributed by atoms with van der Waals surface area (Å²) in [5, 5.41) is 15.6. The molecule has 0 saturated carbocycles. The van der Waals surface area contributed by atoms with Gasteiger partial charge in [0, 0.05) is 22.8 Å². The third-order valence-electron chi connectivity index (χ3n) is 5.49. The van der Waals surface area contributed by atoms with Gasteiger partial charge in [-0.1, -0.05) is 42.8 Å². The van der Waals surface area contributed by atoms with Gasteiger partial charge in [0.1, 0.15) is 18.9 Å². The molecule has 1 N–H and O–H groups in total. The zero-order valence-electron chi connectivity index (χ0n) is 19.6. The Hall–Kier alpha value is -4.11. The summed E-state index contributed by atoms with van der Waals surface area (Å²) in [7, 11) is 0. The number of nitrogens with one attached hydrogen (secondary N) is 1.